The predicted octanol–water partition coefficient (Wildman–Crippen LogP) is 0.606. The van der Waals surface area contributed by atoms with Crippen LogP contribution in [0.5, 0.6) is 0 Å². The number of hydrogen-bond acceptors (Lipinski definition) is 3. The van der Waals surface area contributed by atoms with Gasteiger partial charge in [0.2, 0.25) is 0 Å². The maximum absolute atomic E-state index is 12.1. The van der Waals surface area contributed by atoms with Gasteiger partial charge in [0.05, 0.1) is 18.1 Å². The average molecular weight is 258 g/mol. The van der Waals surface area contributed by atoms with Crippen molar-refractivity contribution in [2.45, 2.75) is 32.7 Å². The molecule has 0 aliphatic carbocycles. The van der Waals surface area contributed by atoms with Crippen molar-refractivity contribution in [1.29, 1.82) is 0 Å². The lowest BCUT2D eigenvalue weighted by atomic mass is 9.80. The standard InChI is InChI=1S/C12H22N2O4/c1-9(8-15)13(3)11(18)14-6-4-12(2,5-7-14)10(16)17/h9,15H,4-8H2,1-3H3,(H,16,17). The first-order chi connectivity index (χ1) is 8.31. The Morgan fingerprint density at radius 1 is 1.39 bits per heavy atom. The number of nitrogens with zero attached hydrogens (tertiary/aromatic N) is 2. The molecule has 18 heavy (non-hydrogen) atoms. The summed E-state index contributed by atoms with van der Waals surface area (Å²) in [5, 5.41) is 18.1. The van der Waals surface area contributed by atoms with Crippen molar-refractivity contribution in [2.24, 2.45) is 5.41 Å². The summed E-state index contributed by atoms with van der Waals surface area (Å²) in [6.07, 6.45) is 0.935. The second kappa shape index (κ2) is 5.56. The van der Waals surface area contributed by atoms with Crippen LogP contribution in [0.2, 0.25) is 0 Å². The van der Waals surface area contributed by atoms with Crippen LogP contribution < -0.4 is 0 Å². The van der Waals surface area contributed by atoms with Gasteiger partial charge < -0.3 is 20.0 Å². The summed E-state index contributed by atoms with van der Waals surface area (Å²) in [4.78, 5) is 26.3. The van der Waals surface area contributed by atoms with Gasteiger partial charge in [-0.3, -0.25) is 4.79 Å². The largest absolute Gasteiger partial charge is 0.481 e. The first kappa shape index (κ1) is 14.8. The third-order valence-corrected chi connectivity index (χ3v) is 3.88. The minimum atomic E-state index is -0.799. The van der Waals surface area contributed by atoms with Crippen LogP contribution in [0.3, 0.4) is 0 Å². The summed E-state index contributed by atoms with van der Waals surface area (Å²) in [5.41, 5.74) is -0.724. The van der Waals surface area contributed by atoms with Gasteiger partial charge in [0, 0.05) is 20.1 Å². The highest BCUT2D eigenvalue weighted by Gasteiger charge is 2.38. The molecule has 104 valence electrons. The summed E-state index contributed by atoms with van der Waals surface area (Å²) in [7, 11) is 1.65. The second-order valence-electron chi connectivity index (χ2n) is 5.28. The lowest BCUT2D eigenvalue weighted by molar-refractivity contribution is -0.150. The van der Waals surface area contributed by atoms with E-state index in [4.69, 9.17) is 10.2 Å². The van der Waals surface area contributed by atoms with E-state index in [0.29, 0.717) is 25.9 Å². The maximum Gasteiger partial charge on any atom is 0.320 e. The van der Waals surface area contributed by atoms with Gasteiger partial charge in [-0.2, -0.15) is 0 Å². The van der Waals surface area contributed by atoms with Crippen molar-refractivity contribution in [3.05, 3.63) is 0 Å². The average Bonchev–Trinajstić information content (AvgIpc) is 2.36. The third kappa shape index (κ3) is 2.93. The quantitative estimate of drug-likeness (QED) is 0.777. The van der Waals surface area contributed by atoms with Gasteiger partial charge in [-0.15, -0.1) is 0 Å². The molecule has 0 saturated carbocycles. The van der Waals surface area contributed by atoms with Crippen LogP contribution in [-0.4, -0.2) is 64.8 Å². The number of carboxylic acid groups (broad SMARTS) is 1. The third-order valence-electron chi connectivity index (χ3n) is 3.88. The van der Waals surface area contributed by atoms with Crippen LogP contribution in [0.15, 0.2) is 0 Å². The number of carboxylic acids is 1. The van der Waals surface area contributed by atoms with E-state index in [2.05, 4.69) is 0 Å². The maximum atomic E-state index is 12.1. The lowest BCUT2D eigenvalue weighted by Gasteiger charge is -2.39. The van der Waals surface area contributed by atoms with E-state index in [0.717, 1.165) is 0 Å². The molecule has 2 amide bonds. The number of aliphatic hydroxyl groups excluding tert-OH is 1. The Kier molecular flexibility index (Phi) is 4.56. The van der Waals surface area contributed by atoms with E-state index < -0.39 is 11.4 Å². The zero-order chi connectivity index (χ0) is 13.9. The van der Waals surface area contributed by atoms with Crippen molar-refractivity contribution in [1.82, 2.24) is 9.80 Å². The van der Waals surface area contributed by atoms with E-state index in [-0.39, 0.29) is 18.7 Å². The number of urea groups is 1. The van der Waals surface area contributed by atoms with E-state index in [1.807, 2.05) is 0 Å². The molecule has 6 nitrogen and oxygen atoms in total. The molecule has 1 saturated heterocycles. The van der Waals surface area contributed by atoms with Crippen molar-refractivity contribution in [2.75, 3.05) is 26.7 Å². The van der Waals surface area contributed by atoms with Gasteiger partial charge in [0.15, 0.2) is 0 Å². The normalized spacial score (nSPS) is 20.3. The minimum absolute atomic E-state index is 0.0804. The second-order valence-corrected chi connectivity index (χ2v) is 5.28. The summed E-state index contributed by atoms with van der Waals surface area (Å²) < 4.78 is 0. The van der Waals surface area contributed by atoms with E-state index >= 15 is 0 Å². The molecule has 0 aromatic heterocycles. The molecule has 0 aromatic rings. The van der Waals surface area contributed by atoms with Crippen LogP contribution in [0.25, 0.3) is 0 Å². The van der Waals surface area contributed by atoms with Gasteiger partial charge >= 0.3 is 12.0 Å². The van der Waals surface area contributed by atoms with Crippen molar-refractivity contribution in [3.63, 3.8) is 0 Å². The number of likely N-dealkylation sites (tertiary alicyclic amines) is 1. The molecule has 1 aliphatic rings. The molecule has 0 bridgehead atoms. The molecule has 0 spiro atoms. The number of rotatable bonds is 3. The monoisotopic (exact) mass is 258 g/mol. The number of carbonyl (C=O) groups is 2. The van der Waals surface area contributed by atoms with E-state index in [9.17, 15) is 9.59 Å². The van der Waals surface area contributed by atoms with Gasteiger partial charge in [-0.05, 0) is 26.7 Å². The lowest BCUT2D eigenvalue weighted by Crippen LogP contribution is -2.51. The first-order valence-electron chi connectivity index (χ1n) is 6.18. The molecule has 1 fully saturated rings. The number of piperidine rings is 1. The van der Waals surface area contributed by atoms with Crippen LogP contribution in [0.4, 0.5) is 4.79 Å². The summed E-state index contributed by atoms with van der Waals surface area (Å²) in [6, 6.07) is -0.380. The number of aliphatic hydroxyl groups is 1. The first-order valence-corrected chi connectivity index (χ1v) is 6.18. The Morgan fingerprint density at radius 3 is 2.28 bits per heavy atom. The number of likely N-dealkylation sites (N-methyl/N-ethyl adjacent to an activating group) is 1. The summed E-state index contributed by atoms with van der Waals surface area (Å²) in [5.74, 6) is -0.799. The highest BCUT2D eigenvalue weighted by atomic mass is 16.4. The topological polar surface area (TPSA) is 81.1 Å². The summed E-state index contributed by atoms with van der Waals surface area (Å²) in [6.45, 7) is 4.30. The summed E-state index contributed by atoms with van der Waals surface area (Å²) >= 11 is 0. The smallest absolute Gasteiger partial charge is 0.320 e. The van der Waals surface area contributed by atoms with E-state index in [1.165, 1.54) is 4.90 Å². The molecule has 0 aromatic carbocycles. The molecule has 1 heterocycles. The van der Waals surface area contributed by atoms with Crippen LogP contribution in [0.1, 0.15) is 26.7 Å². The molecular weight excluding hydrogens is 236 g/mol. The molecule has 2 N–H and O–H groups in total. The highest BCUT2D eigenvalue weighted by Crippen LogP contribution is 2.31. The molecular formula is C12H22N2O4. The Morgan fingerprint density at radius 2 is 1.89 bits per heavy atom. The zero-order valence-corrected chi connectivity index (χ0v) is 11.2. The fourth-order valence-corrected chi connectivity index (χ4v) is 1.94. The van der Waals surface area contributed by atoms with Gasteiger partial charge in [-0.25, -0.2) is 4.79 Å². The number of carbonyl (C=O) groups excluding carboxylic acids is 1. The van der Waals surface area contributed by atoms with Crippen LogP contribution in [0, 0.1) is 5.41 Å². The fourth-order valence-electron chi connectivity index (χ4n) is 1.94. The Balaban J connectivity index is 2.58. The van der Waals surface area contributed by atoms with Gasteiger partial charge in [0.1, 0.15) is 0 Å². The molecule has 1 rings (SSSR count). The van der Waals surface area contributed by atoms with Gasteiger partial charge in [-0.1, -0.05) is 0 Å². The Labute approximate surface area is 107 Å². The minimum Gasteiger partial charge on any atom is -0.481 e. The van der Waals surface area contributed by atoms with Crippen molar-refractivity contribution in [3.8, 4) is 0 Å². The Hall–Kier alpha value is -1.30. The molecule has 6 heteroatoms. The number of amides is 2. The number of hydrogen-bond donors (Lipinski definition) is 2. The molecule has 1 unspecified atom stereocenters. The highest BCUT2D eigenvalue weighted by molar-refractivity contribution is 5.77. The van der Waals surface area contributed by atoms with Crippen LogP contribution in [-0.2, 0) is 4.79 Å². The Bertz CT molecular complexity index is 324. The SMILES string of the molecule is CC(CO)N(C)C(=O)N1CCC(C)(C(=O)O)CC1. The zero-order valence-electron chi connectivity index (χ0n) is 11.2. The fraction of sp³-hybridized carbons (Fsp3) is 0.833. The predicted molar refractivity (Wildman–Crippen MR) is 66.3 cm³/mol. The van der Waals surface area contributed by atoms with Crippen LogP contribution >= 0.6 is 0 Å². The number of aliphatic carboxylic acids is 1. The van der Waals surface area contributed by atoms with Gasteiger partial charge in [0.25, 0.3) is 0 Å². The van der Waals surface area contributed by atoms with Crippen molar-refractivity contribution >= 4 is 12.0 Å². The van der Waals surface area contributed by atoms with Crippen molar-refractivity contribution < 1.29 is 19.8 Å². The molecule has 1 atom stereocenters. The molecule has 1 aliphatic heterocycles. The molecule has 0 radical (unpaired) electrons. The van der Waals surface area contributed by atoms with E-state index in [1.54, 1.807) is 25.8 Å².